The second-order valence-electron chi connectivity index (χ2n) is 2.85. The van der Waals surface area contributed by atoms with Crippen molar-refractivity contribution in [3.63, 3.8) is 0 Å². The zero-order valence-corrected chi connectivity index (χ0v) is 8.49. The molecule has 1 N–H and O–H groups in total. The van der Waals surface area contributed by atoms with Gasteiger partial charge in [-0.1, -0.05) is 0 Å². The monoisotopic (exact) mass is 238 g/mol. The molecule has 0 aliphatic carbocycles. The molecule has 0 spiro atoms. The lowest BCUT2D eigenvalue weighted by Gasteiger charge is -2.06. The minimum absolute atomic E-state index is 0.00979. The third-order valence-electron chi connectivity index (χ3n) is 1.59. The van der Waals surface area contributed by atoms with E-state index in [4.69, 9.17) is 0 Å². The number of amides is 1. The average molecular weight is 238 g/mol. The van der Waals surface area contributed by atoms with Crippen molar-refractivity contribution < 1.29 is 18.0 Å². The Morgan fingerprint density at radius 3 is 2.80 bits per heavy atom. The van der Waals surface area contributed by atoms with Crippen LogP contribution < -0.4 is 5.32 Å². The molecule has 15 heavy (non-hydrogen) atoms. The zero-order chi connectivity index (χ0) is 11.3. The van der Waals surface area contributed by atoms with E-state index in [0.717, 1.165) is 0 Å². The molecule has 1 heterocycles. The first-order chi connectivity index (χ1) is 6.99. The smallest absolute Gasteiger partial charge is 0.351 e. The van der Waals surface area contributed by atoms with Crippen molar-refractivity contribution in [2.75, 3.05) is 6.54 Å². The van der Waals surface area contributed by atoms with Crippen LogP contribution in [-0.4, -0.2) is 23.6 Å². The molecule has 0 radical (unpaired) electrons. The summed E-state index contributed by atoms with van der Waals surface area (Å²) in [6.45, 7) is 0.00979. The molecule has 0 aliphatic rings. The van der Waals surface area contributed by atoms with E-state index >= 15 is 0 Å². The number of nitrogens with zero attached hydrogens (tertiary/aromatic N) is 1. The molecule has 1 aromatic heterocycles. The number of alkyl halides is 3. The highest BCUT2D eigenvalue weighted by Gasteiger charge is 2.26. The van der Waals surface area contributed by atoms with Crippen molar-refractivity contribution in [2.24, 2.45) is 0 Å². The maximum absolute atomic E-state index is 11.7. The van der Waals surface area contributed by atoms with Crippen molar-refractivity contribution in [3.05, 3.63) is 16.6 Å². The van der Waals surface area contributed by atoms with E-state index in [9.17, 15) is 18.0 Å². The van der Waals surface area contributed by atoms with E-state index in [-0.39, 0.29) is 18.7 Å². The van der Waals surface area contributed by atoms with Crippen LogP contribution in [-0.2, 0) is 0 Å². The van der Waals surface area contributed by atoms with Crippen LogP contribution in [0.15, 0.2) is 10.9 Å². The van der Waals surface area contributed by atoms with E-state index in [1.165, 1.54) is 16.8 Å². The molecule has 1 amide bonds. The molecule has 0 bridgehead atoms. The molecule has 1 aromatic rings. The molecule has 1 rings (SSSR count). The second-order valence-corrected chi connectivity index (χ2v) is 3.57. The molecule has 0 aromatic carbocycles. The van der Waals surface area contributed by atoms with Gasteiger partial charge in [-0.15, -0.1) is 11.3 Å². The van der Waals surface area contributed by atoms with E-state index in [2.05, 4.69) is 10.3 Å². The maximum Gasteiger partial charge on any atom is 0.389 e. The summed E-state index contributed by atoms with van der Waals surface area (Å²) in [6.07, 6.45) is -5.16. The zero-order valence-electron chi connectivity index (χ0n) is 7.67. The molecule has 0 atom stereocenters. The van der Waals surface area contributed by atoms with Crippen molar-refractivity contribution in [1.82, 2.24) is 10.3 Å². The molecular formula is C8H9F3N2OS. The van der Waals surface area contributed by atoms with Gasteiger partial charge in [0, 0.05) is 18.3 Å². The van der Waals surface area contributed by atoms with Crippen LogP contribution in [0.2, 0.25) is 0 Å². The van der Waals surface area contributed by atoms with E-state index < -0.39 is 18.5 Å². The molecular weight excluding hydrogens is 229 g/mol. The predicted octanol–water partition coefficient (Wildman–Crippen LogP) is 2.22. The first kappa shape index (κ1) is 12.0. The highest BCUT2D eigenvalue weighted by atomic mass is 32.1. The fourth-order valence-corrected chi connectivity index (χ4v) is 1.44. The van der Waals surface area contributed by atoms with Gasteiger partial charge in [0.05, 0.1) is 5.51 Å². The standard InChI is InChI=1S/C8H9F3N2OS/c9-8(10,11)2-1-3-12-7(14)6-4-15-5-13-6/h4-5H,1-3H2,(H,12,14). The van der Waals surface area contributed by atoms with Gasteiger partial charge < -0.3 is 5.32 Å². The van der Waals surface area contributed by atoms with Crippen LogP contribution in [0.3, 0.4) is 0 Å². The molecule has 0 unspecified atom stereocenters. The number of carbonyl (C=O) groups excluding carboxylic acids is 1. The molecule has 0 fully saturated rings. The minimum atomic E-state index is -4.16. The van der Waals surface area contributed by atoms with Gasteiger partial charge in [0.15, 0.2) is 0 Å². The lowest BCUT2D eigenvalue weighted by molar-refractivity contribution is -0.135. The first-order valence-electron chi connectivity index (χ1n) is 4.22. The van der Waals surface area contributed by atoms with Crippen LogP contribution in [0.4, 0.5) is 13.2 Å². The number of nitrogens with one attached hydrogen (secondary N) is 1. The Hall–Kier alpha value is -1.11. The van der Waals surface area contributed by atoms with Crippen LogP contribution >= 0.6 is 11.3 Å². The van der Waals surface area contributed by atoms with Gasteiger partial charge in [-0.3, -0.25) is 4.79 Å². The summed E-state index contributed by atoms with van der Waals surface area (Å²) in [5.41, 5.74) is 1.73. The van der Waals surface area contributed by atoms with E-state index in [1.807, 2.05) is 0 Å². The Bertz CT molecular complexity index is 310. The van der Waals surface area contributed by atoms with Gasteiger partial charge in [0.25, 0.3) is 5.91 Å². The number of halogens is 3. The normalized spacial score (nSPS) is 11.4. The summed E-state index contributed by atoms with van der Waals surface area (Å²) in [5, 5.41) is 3.90. The van der Waals surface area contributed by atoms with Gasteiger partial charge in [-0.25, -0.2) is 4.98 Å². The Morgan fingerprint density at radius 1 is 1.53 bits per heavy atom. The van der Waals surface area contributed by atoms with Gasteiger partial charge in [0.2, 0.25) is 0 Å². The topological polar surface area (TPSA) is 42.0 Å². The van der Waals surface area contributed by atoms with Gasteiger partial charge in [0.1, 0.15) is 5.69 Å². The van der Waals surface area contributed by atoms with Crippen LogP contribution in [0.5, 0.6) is 0 Å². The number of hydrogen-bond donors (Lipinski definition) is 1. The Kier molecular flexibility index (Phi) is 4.07. The summed E-state index contributed by atoms with van der Waals surface area (Å²) >= 11 is 1.26. The third kappa shape index (κ3) is 4.78. The second kappa shape index (κ2) is 5.11. The Balaban J connectivity index is 2.19. The van der Waals surface area contributed by atoms with E-state index in [0.29, 0.717) is 0 Å². The lowest BCUT2D eigenvalue weighted by atomic mass is 10.3. The van der Waals surface area contributed by atoms with E-state index in [1.54, 1.807) is 5.38 Å². The fraction of sp³-hybridized carbons (Fsp3) is 0.500. The summed E-state index contributed by atoms with van der Waals surface area (Å²) in [5.74, 6) is -0.432. The summed E-state index contributed by atoms with van der Waals surface area (Å²) in [4.78, 5) is 14.9. The SMILES string of the molecule is O=C(NCCCC(F)(F)F)c1cscn1. The molecule has 0 saturated carbocycles. The minimum Gasteiger partial charge on any atom is -0.351 e. The Labute approximate surface area is 88.3 Å². The van der Waals surface area contributed by atoms with Crippen molar-refractivity contribution >= 4 is 17.2 Å². The largest absolute Gasteiger partial charge is 0.389 e. The summed E-state index contributed by atoms with van der Waals surface area (Å²) < 4.78 is 35.2. The molecule has 84 valence electrons. The highest BCUT2D eigenvalue weighted by Crippen LogP contribution is 2.20. The summed E-state index contributed by atoms with van der Waals surface area (Å²) in [7, 11) is 0. The first-order valence-corrected chi connectivity index (χ1v) is 5.16. The van der Waals surface area contributed by atoms with Crippen molar-refractivity contribution in [3.8, 4) is 0 Å². The molecule has 7 heteroatoms. The molecule has 0 saturated heterocycles. The van der Waals surface area contributed by atoms with Crippen LogP contribution in [0, 0.1) is 0 Å². The van der Waals surface area contributed by atoms with Gasteiger partial charge in [-0.2, -0.15) is 13.2 Å². The molecule has 3 nitrogen and oxygen atoms in total. The van der Waals surface area contributed by atoms with Crippen LogP contribution in [0.1, 0.15) is 23.3 Å². The summed E-state index contributed by atoms with van der Waals surface area (Å²) in [6, 6.07) is 0. The van der Waals surface area contributed by atoms with Crippen molar-refractivity contribution in [1.29, 1.82) is 0 Å². The number of rotatable bonds is 4. The maximum atomic E-state index is 11.7. The van der Waals surface area contributed by atoms with Gasteiger partial charge >= 0.3 is 6.18 Å². The third-order valence-corrected chi connectivity index (χ3v) is 2.17. The Morgan fingerprint density at radius 2 is 2.27 bits per heavy atom. The quantitative estimate of drug-likeness (QED) is 0.817. The number of hydrogen-bond acceptors (Lipinski definition) is 3. The number of aromatic nitrogens is 1. The lowest BCUT2D eigenvalue weighted by Crippen LogP contribution is -2.25. The average Bonchev–Trinajstić information content (AvgIpc) is 2.63. The van der Waals surface area contributed by atoms with Crippen LogP contribution in [0.25, 0.3) is 0 Å². The molecule has 0 aliphatic heterocycles. The predicted molar refractivity (Wildman–Crippen MR) is 49.7 cm³/mol. The van der Waals surface area contributed by atoms with Gasteiger partial charge in [-0.05, 0) is 6.42 Å². The fourth-order valence-electron chi connectivity index (χ4n) is 0.906. The highest BCUT2D eigenvalue weighted by molar-refractivity contribution is 7.07. The number of thiazole rings is 1. The number of carbonyl (C=O) groups is 1. The van der Waals surface area contributed by atoms with Crippen molar-refractivity contribution in [2.45, 2.75) is 19.0 Å².